The van der Waals surface area contributed by atoms with Crippen molar-refractivity contribution in [3.8, 4) is 0 Å². The van der Waals surface area contributed by atoms with Gasteiger partial charge in [-0.15, -0.1) is 0 Å². The summed E-state index contributed by atoms with van der Waals surface area (Å²) in [5.41, 5.74) is 5.85. The second kappa shape index (κ2) is 5.72. The van der Waals surface area contributed by atoms with Crippen molar-refractivity contribution in [2.45, 2.75) is 32.2 Å². The van der Waals surface area contributed by atoms with Crippen molar-refractivity contribution in [2.24, 2.45) is 5.73 Å². The highest BCUT2D eigenvalue weighted by Gasteiger charge is 2.21. The maximum atomic E-state index is 12.6. The smallest absolute Gasteiger partial charge is 0.269 e. The van der Waals surface area contributed by atoms with Crippen LogP contribution in [0.5, 0.6) is 0 Å². The fourth-order valence-electron chi connectivity index (χ4n) is 1.36. The van der Waals surface area contributed by atoms with Crippen molar-refractivity contribution in [2.75, 3.05) is 6.54 Å². The number of carbonyl (C=O) groups is 1. The van der Waals surface area contributed by atoms with E-state index in [4.69, 9.17) is 5.73 Å². The third-order valence-electron chi connectivity index (χ3n) is 2.97. The second-order valence-corrected chi connectivity index (χ2v) is 4.11. The highest BCUT2D eigenvalue weighted by atomic mass is 19.1. The third-order valence-corrected chi connectivity index (χ3v) is 2.97. The zero-order valence-corrected chi connectivity index (χ0v) is 10.2. The van der Waals surface area contributed by atoms with Gasteiger partial charge in [-0.05, 0) is 25.0 Å². The van der Waals surface area contributed by atoms with Crippen LogP contribution >= 0.6 is 0 Å². The van der Waals surface area contributed by atoms with Gasteiger partial charge in [0.15, 0.2) is 0 Å². The molecule has 1 amide bonds. The molecule has 1 aromatic heterocycles. The number of hydrogen-bond acceptors (Lipinski definition) is 3. The Bertz CT molecular complexity index is 374. The van der Waals surface area contributed by atoms with E-state index >= 15 is 0 Å². The van der Waals surface area contributed by atoms with Gasteiger partial charge in [-0.25, -0.2) is 9.37 Å². The molecule has 4 nitrogen and oxygen atoms in total. The summed E-state index contributed by atoms with van der Waals surface area (Å²) in [4.78, 5) is 15.4. The first-order chi connectivity index (χ1) is 8.00. The number of carbonyl (C=O) groups excluding carboxylic acids is 1. The van der Waals surface area contributed by atoms with Gasteiger partial charge in [-0.1, -0.05) is 13.8 Å². The van der Waals surface area contributed by atoms with Gasteiger partial charge in [-0.2, -0.15) is 0 Å². The Morgan fingerprint density at radius 3 is 2.59 bits per heavy atom. The number of hydrogen-bond donors (Lipinski definition) is 2. The van der Waals surface area contributed by atoms with Crippen LogP contribution in [-0.2, 0) is 0 Å². The normalized spacial score (nSPS) is 11.3. The molecule has 1 aromatic rings. The van der Waals surface area contributed by atoms with Crippen LogP contribution < -0.4 is 11.1 Å². The molecule has 0 saturated heterocycles. The lowest BCUT2D eigenvalue weighted by molar-refractivity contribution is 0.0937. The molecule has 0 aliphatic rings. The number of nitrogens with one attached hydrogen (secondary N) is 1. The van der Waals surface area contributed by atoms with E-state index in [1.165, 1.54) is 12.1 Å². The van der Waals surface area contributed by atoms with Gasteiger partial charge in [0, 0.05) is 12.1 Å². The van der Waals surface area contributed by atoms with E-state index in [1.807, 2.05) is 13.8 Å². The van der Waals surface area contributed by atoms with Crippen LogP contribution in [0.1, 0.15) is 37.2 Å². The van der Waals surface area contributed by atoms with Crippen LogP contribution in [0.4, 0.5) is 4.39 Å². The molecule has 0 aliphatic heterocycles. The first-order valence-corrected chi connectivity index (χ1v) is 5.69. The minimum atomic E-state index is -0.461. The molecule has 1 rings (SSSR count). The molecule has 0 spiro atoms. The number of halogens is 1. The molecule has 5 heteroatoms. The molecule has 17 heavy (non-hydrogen) atoms. The number of nitrogens with zero attached hydrogens (tertiary/aromatic N) is 1. The first-order valence-electron chi connectivity index (χ1n) is 5.69. The molecule has 1 heterocycles. The highest BCUT2D eigenvalue weighted by Crippen LogP contribution is 2.09. The summed E-state index contributed by atoms with van der Waals surface area (Å²) in [6.07, 6.45) is 2.57. The Hall–Kier alpha value is -1.49. The number of rotatable bonds is 5. The Kier molecular flexibility index (Phi) is 4.57. The molecule has 0 unspecified atom stereocenters. The summed E-state index contributed by atoms with van der Waals surface area (Å²) in [6.45, 7) is 4.34. The summed E-state index contributed by atoms with van der Waals surface area (Å²) in [6, 6.07) is 2.55. The molecule has 0 atom stereocenters. The summed E-state index contributed by atoms with van der Waals surface area (Å²) in [7, 11) is 0. The van der Waals surface area contributed by atoms with Crippen LogP contribution in [0.2, 0.25) is 0 Å². The molecule has 0 aromatic carbocycles. The lowest BCUT2D eigenvalue weighted by Gasteiger charge is -2.26. The molecule has 0 bridgehead atoms. The predicted molar refractivity (Wildman–Crippen MR) is 64.0 cm³/mol. The lowest BCUT2D eigenvalue weighted by atomic mass is 9.94. The van der Waals surface area contributed by atoms with Crippen molar-refractivity contribution in [3.05, 3.63) is 29.8 Å². The molecule has 0 fully saturated rings. The lowest BCUT2D eigenvalue weighted by Crippen LogP contribution is -2.49. The maximum absolute atomic E-state index is 12.6. The molecular formula is C12H18FN3O. The van der Waals surface area contributed by atoms with E-state index in [9.17, 15) is 9.18 Å². The van der Waals surface area contributed by atoms with E-state index in [2.05, 4.69) is 10.3 Å². The minimum Gasteiger partial charge on any atom is -0.349 e. The van der Waals surface area contributed by atoms with Crippen molar-refractivity contribution >= 4 is 5.91 Å². The number of aromatic nitrogens is 1. The van der Waals surface area contributed by atoms with E-state index < -0.39 is 11.4 Å². The third kappa shape index (κ3) is 3.78. The largest absolute Gasteiger partial charge is 0.349 e. The summed E-state index contributed by atoms with van der Waals surface area (Å²) in [5.74, 6) is -0.793. The summed E-state index contributed by atoms with van der Waals surface area (Å²) in [5, 5.41) is 2.71. The van der Waals surface area contributed by atoms with Gasteiger partial charge in [0.25, 0.3) is 5.91 Å². The molecule has 94 valence electrons. The van der Waals surface area contributed by atoms with Crippen molar-refractivity contribution in [3.63, 3.8) is 0 Å². The fraction of sp³-hybridized carbons (Fsp3) is 0.500. The summed E-state index contributed by atoms with van der Waals surface area (Å²) >= 11 is 0. The highest BCUT2D eigenvalue weighted by molar-refractivity contribution is 5.92. The van der Waals surface area contributed by atoms with E-state index in [1.54, 1.807) is 0 Å². The van der Waals surface area contributed by atoms with Gasteiger partial charge < -0.3 is 11.1 Å². The van der Waals surface area contributed by atoms with E-state index in [0.717, 1.165) is 19.0 Å². The van der Waals surface area contributed by atoms with Gasteiger partial charge in [0.2, 0.25) is 0 Å². The van der Waals surface area contributed by atoms with Crippen LogP contribution in [0.25, 0.3) is 0 Å². The van der Waals surface area contributed by atoms with Crippen LogP contribution in [0.15, 0.2) is 18.3 Å². The monoisotopic (exact) mass is 239 g/mol. The van der Waals surface area contributed by atoms with Crippen LogP contribution in [0.3, 0.4) is 0 Å². The zero-order chi connectivity index (χ0) is 12.9. The average Bonchev–Trinajstić information content (AvgIpc) is 2.36. The van der Waals surface area contributed by atoms with Crippen molar-refractivity contribution < 1.29 is 9.18 Å². The predicted octanol–water partition coefficient (Wildman–Crippen LogP) is 1.47. The topological polar surface area (TPSA) is 68.0 Å². The molecule has 0 radical (unpaired) electrons. The van der Waals surface area contributed by atoms with Crippen LogP contribution in [0, 0.1) is 5.82 Å². The molecule has 3 N–H and O–H groups in total. The van der Waals surface area contributed by atoms with Gasteiger partial charge in [-0.3, -0.25) is 4.79 Å². The second-order valence-electron chi connectivity index (χ2n) is 4.11. The van der Waals surface area contributed by atoms with E-state index in [0.29, 0.717) is 6.54 Å². The number of pyridine rings is 1. The Balaban J connectivity index is 2.58. The van der Waals surface area contributed by atoms with Gasteiger partial charge in [0.1, 0.15) is 11.5 Å². The first kappa shape index (κ1) is 13.6. The Morgan fingerprint density at radius 2 is 2.12 bits per heavy atom. The van der Waals surface area contributed by atoms with Crippen molar-refractivity contribution in [1.29, 1.82) is 0 Å². The number of amides is 1. The van der Waals surface area contributed by atoms with Crippen molar-refractivity contribution in [1.82, 2.24) is 10.3 Å². The molecule has 0 aliphatic carbocycles. The average molecular weight is 239 g/mol. The van der Waals surface area contributed by atoms with E-state index in [-0.39, 0.29) is 11.6 Å². The maximum Gasteiger partial charge on any atom is 0.269 e. The Morgan fingerprint density at radius 1 is 1.47 bits per heavy atom. The summed E-state index contributed by atoms with van der Waals surface area (Å²) < 4.78 is 12.6. The van der Waals surface area contributed by atoms with Gasteiger partial charge >= 0.3 is 0 Å². The number of nitrogens with two attached hydrogens (primary N) is 1. The zero-order valence-electron chi connectivity index (χ0n) is 10.2. The minimum absolute atomic E-state index is 0.195. The SMILES string of the molecule is CCC(N)(CC)CNC(=O)c1ccc(F)cn1. The van der Waals surface area contributed by atoms with Crippen LogP contribution in [-0.4, -0.2) is 23.0 Å². The fourth-order valence-corrected chi connectivity index (χ4v) is 1.36. The van der Waals surface area contributed by atoms with Gasteiger partial charge in [0.05, 0.1) is 6.20 Å². The Labute approximate surface area is 100 Å². The molecular weight excluding hydrogens is 221 g/mol. The molecule has 0 saturated carbocycles. The standard InChI is InChI=1S/C12H18FN3O/c1-3-12(14,4-2)8-16-11(17)10-6-5-9(13)7-15-10/h5-7H,3-4,8,14H2,1-2H3,(H,16,17). The quantitative estimate of drug-likeness (QED) is 0.817.